The Morgan fingerprint density at radius 3 is 2.94 bits per heavy atom. The zero-order chi connectivity index (χ0) is 23.7. The topological polar surface area (TPSA) is 129 Å². The highest BCUT2D eigenvalue weighted by Gasteiger charge is 2.27. The Labute approximate surface area is 197 Å². The number of benzene rings is 1. The van der Waals surface area contributed by atoms with E-state index in [1.54, 1.807) is 6.07 Å². The zero-order valence-electron chi connectivity index (χ0n) is 18.9. The van der Waals surface area contributed by atoms with Crippen LogP contribution in [0.4, 0.5) is 17.2 Å². The van der Waals surface area contributed by atoms with E-state index in [0.29, 0.717) is 24.6 Å². The monoisotopic (exact) mass is 455 g/mol. The molecule has 1 atom stereocenters. The van der Waals surface area contributed by atoms with Crippen molar-refractivity contribution in [2.45, 2.75) is 12.5 Å². The number of likely N-dealkylation sites (N-methyl/N-ethyl adjacent to an activating group) is 1. The molecule has 2 aliphatic heterocycles. The summed E-state index contributed by atoms with van der Waals surface area (Å²) < 4.78 is 0. The third-order valence-corrected chi connectivity index (χ3v) is 6.24. The van der Waals surface area contributed by atoms with Crippen molar-refractivity contribution < 1.29 is 10.2 Å². The van der Waals surface area contributed by atoms with Gasteiger partial charge >= 0.3 is 0 Å². The van der Waals surface area contributed by atoms with Gasteiger partial charge in [-0.25, -0.2) is 9.97 Å². The van der Waals surface area contributed by atoms with E-state index in [9.17, 15) is 4.79 Å². The van der Waals surface area contributed by atoms with Crippen LogP contribution in [0, 0.1) is 0 Å². The Balaban J connectivity index is 1.35. The second-order valence-corrected chi connectivity index (χ2v) is 8.40. The summed E-state index contributed by atoms with van der Waals surface area (Å²) in [5.74, 6) is 0.804. The summed E-state index contributed by atoms with van der Waals surface area (Å²) in [6, 6.07) is 7.37. The Kier molecular flexibility index (Phi) is 5.59. The van der Waals surface area contributed by atoms with E-state index in [0.717, 1.165) is 40.0 Å². The molecule has 9 heteroatoms. The fraction of sp³-hybridized carbons (Fsp3) is 0.200. The predicted molar refractivity (Wildman–Crippen MR) is 134 cm³/mol. The number of amides is 1. The molecule has 1 aromatic carbocycles. The predicted octanol–water partition coefficient (Wildman–Crippen LogP) is 1.46. The minimum Gasteiger partial charge on any atom is -0.398 e. The molecule has 34 heavy (non-hydrogen) atoms. The maximum absolute atomic E-state index is 13.0. The first-order valence-electron chi connectivity index (χ1n) is 11.1. The number of aromatic nitrogens is 3. The second-order valence-electron chi connectivity index (χ2n) is 8.40. The number of H-pyrrole nitrogens is 1. The molecule has 172 valence electrons. The fourth-order valence-corrected chi connectivity index (χ4v) is 4.29. The van der Waals surface area contributed by atoms with E-state index in [1.165, 1.54) is 12.5 Å². The molecular weight excluding hydrogens is 428 g/mol. The molecule has 5 rings (SSSR count). The minimum absolute atomic E-state index is 0.116. The Morgan fingerprint density at radius 1 is 1.29 bits per heavy atom. The fourth-order valence-electron chi connectivity index (χ4n) is 4.29. The van der Waals surface area contributed by atoms with Crippen LogP contribution in [-0.2, 0) is 4.79 Å². The minimum atomic E-state index is -0.248. The summed E-state index contributed by atoms with van der Waals surface area (Å²) in [6.07, 6.45) is 13.6. The van der Waals surface area contributed by atoms with Gasteiger partial charge in [0.1, 0.15) is 23.8 Å². The van der Waals surface area contributed by atoms with Crippen LogP contribution >= 0.6 is 0 Å². The number of allylic oxidation sites excluding steroid dienone is 2. The number of carbonyl (C=O) groups excluding carboxylic acids is 1. The molecule has 0 fully saturated rings. The SMILES string of the molecule is CN1C=CC=CC1C(=O)N1CC=C(c2cc3c(Nc4ccc(N)c(C=[NH2+])c4)ncnc3[nH]2)CC1. The van der Waals surface area contributed by atoms with Gasteiger partial charge in [0.25, 0.3) is 0 Å². The summed E-state index contributed by atoms with van der Waals surface area (Å²) in [6.45, 7) is 1.24. The lowest BCUT2D eigenvalue weighted by molar-refractivity contribution is -0.133. The van der Waals surface area contributed by atoms with E-state index in [2.05, 4.69) is 32.4 Å². The lowest BCUT2D eigenvalue weighted by Gasteiger charge is -2.33. The van der Waals surface area contributed by atoms with Gasteiger partial charge in [0.15, 0.2) is 6.21 Å². The normalized spacial score (nSPS) is 17.7. The number of carbonyl (C=O) groups is 1. The molecule has 2 aliphatic rings. The first-order chi connectivity index (χ1) is 16.5. The number of hydrogen-bond acceptors (Lipinski definition) is 6. The highest BCUT2D eigenvalue weighted by Crippen LogP contribution is 2.30. The smallest absolute Gasteiger partial charge is 0.249 e. The number of hydrogen-bond donors (Lipinski definition) is 4. The maximum Gasteiger partial charge on any atom is 0.249 e. The highest BCUT2D eigenvalue weighted by molar-refractivity contribution is 5.93. The first-order valence-corrected chi connectivity index (χ1v) is 11.1. The zero-order valence-corrected chi connectivity index (χ0v) is 18.9. The van der Waals surface area contributed by atoms with Crippen molar-refractivity contribution >= 4 is 45.9 Å². The van der Waals surface area contributed by atoms with Crippen LogP contribution in [0.1, 0.15) is 17.7 Å². The molecule has 6 N–H and O–H groups in total. The van der Waals surface area contributed by atoms with Gasteiger partial charge in [0, 0.05) is 37.2 Å². The highest BCUT2D eigenvalue weighted by atomic mass is 16.2. The first kappa shape index (κ1) is 21.4. The summed E-state index contributed by atoms with van der Waals surface area (Å²) in [4.78, 5) is 29.0. The summed E-state index contributed by atoms with van der Waals surface area (Å²) in [7, 11) is 1.92. The van der Waals surface area contributed by atoms with Crippen LogP contribution < -0.4 is 16.5 Å². The molecule has 0 bridgehead atoms. The van der Waals surface area contributed by atoms with Crippen LogP contribution in [0.2, 0.25) is 0 Å². The summed E-state index contributed by atoms with van der Waals surface area (Å²) in [5, 5.41) is 9.88. The Morgan fingerprint density at radius 2 is 2.18 bits per heavy atom. The van der Waals surface area contributed by atoms with Gasteiger partial charge in [0.05, 0.1) is 10.9 Å². The van der Waals surface area contributed by atoms with Crippen LogP contribution in [0.15, 0.2) is 61.1 Å². The number of rotatable bonds is 5. The molecule has 2 aromatic heterocycles. The van der Waals surface area contributed by atoms with Crippen LogP contribution in [0.3, 0.4) is 0 Å². The number of nitrogen functional groups attached to an aromatic ring is 1. The van der Waals surface area contributed by atoms with Gasteiger partial charge in [-0.05, 0) is 48.5 Å². The molecule has 3 aromatic rings. The van der Waals surface area contributed by atoms with E-state index < -0.39 is 0 Å². The van der Waals surface area contributed by atoms with E-state index in [1.807, 2.05) is 53.4 Å². The number of nitrogens with one attached hydrogen (secondary N) is 2. The van der Waals surface area contributed by atoms with Crippen molar-refractivity contribution in [3.63, 3.8) is 0 Å². The van der Waals surface area contributed by atoms with Crippen molar-refractivity contribution in [1.82, 2.24) is 24.8 Å². The van der Waals surface area contributed by atoms with Crippen molar-refractivity contribution in [2.75, 3.05) is 31.2 Å². The van der Waals surface area contributed by atoms with Crippen LogP contribution in [0.5, 0.6) is 0 Å². The molecule has 0 saturated heterocycles. The number of nitrogens with zero attached hydrogens (tertiary/aromatic N) is 4. The maximum atomic E-state index is 13.0. The molecule has 0 spiro atoms. The number of fused-ring (bicyclic) bond motifs is 1. The van der Waals surface area contributed by atoms with E-state index in [-0.39, 0.29) is 11.9 Å². The number of aromatic amines is 1. The molecule has 0 radical (unpaired) electrons. The van der Waals surface area contributed by atoms with Gasteiger partial charge in [-0.3, -0.25) is 10.2 Å². The third-order valence-electron chi connectivity index (χ3n) is 6.24. The van der Waals surface area contributed by atoms with Crippen molar-refractivity contribution in [3.05, 3.63) is 72.4 Å². The molecule has 9 nitrogen and oxygen atoms in total. The molecular formula is C25H27N8O+. The molecule has 0 saturated carbocycles. The van der Waals surface area contributed by atoms with Crippen molar-refractivity contribution in [2.24, 2.45) is 0 Å². The van der Waals surface area contributed by atoms with Gasteiger partial charge in [-0.1, -0.05) is 18.2 Å². The van der Waals surface area contributed by atoms with Gasteiger partial charge in [-0.15, -0.1) is 0 Å². The van der Waals surface area contributed by atoms with Gasteiger partial charge in [0.2, 0.25) is 5.91 Å². The average molecular weight is 456 g/mol. The van der Waals surface area contributed by atoms with Crippen LogP contribution in [0.25, 0.3) is 16.6 Å². The molecule has 1 unspecified atom stereocenters. The Bertz CT molecular complexity index is 1350. The van der Waals surface area contributed by atoms with Gasteiger partial charge < -0.3 is 25.8 Å². The third kappa shape index (κ3) is 4.03. The molecule has 4 heterocycles. The lowest BCUT2D eigenvalue weighted by Crippen LogP contribution is -2.46. The van der Waals surface area contributed by atoms with Crippen molar-refractivity contribution in [3.8, 4) is 0 Å². The largest absolute Gasteiger partial charge is 0.398 e. The quantitative estimate of drug-likeness (QED) is 0.341. The summed E-state index contributed by atoms with van der Waals surface area (Å²) in [5.41, 5.74) is 11.0. The van der Waals surface area contributed by atoms with Crippen LogP contribution in [-0.4, -0.2) is 63.1 Å². The average Bonchev–Trinajstić information content (AvgIpc) is 3.31. The Hall–Kier alpha value is -4.40. The van der Waals surface area contributed by atoms with E-state index in [4.69, 9.17) is 11.1 Å². The second kappa shape index (κ2) is 8.86. The van der Waals surface area contributed by atoms with Gasteiger partial charge in [-0.2, -0.15) is 0 Å². The molecule has 1 amide bonds. The summed E-state index contributed by atoms with van der Waals surface area (Å²) >= 11 is 0. The standard InChI is InChI=1S/C25H26N8O/c1-32-9-3-2-4-22(32)25(34)33-10-7-16(8-11-33)21-13-19-23(28-15-29-24(19)31-21)30-18-5-6-20(27)17(12-18)14-26/h2-7,9,12-15,22,26H,8,10-11,27H2,1H3,(H2,28,29,30,31)/p+1. The number of anilines is 3. The lowest BCUT2D eigenvalue weighted by atomic mass is 10.0. The molecule has 0 aliphatic carbocycles. The van der Waals surface area contributed by atoms with E-state index >= 15 is 0 Å². The number of nitrogens with two attached hydrogens (primary N) is 2. The van der Waals surface area contributed by atoms with Crippen molar-refractivity contribution in [1.29, 1.82) is 0 Å².